The molecule has 2 N–H and O–H groups in total. The van der Waals surface area contributed by atoms with E-state index in [1.165, 1.54) is 19.2 Å². The zero-order valence-electron chi connectivity index (χ0n) is 17.6. The van der Waals surface area contributed by atoms with Gasteiger partial charge in [0.25, 0.3) is 0 Å². The molecule has 1 aliphatic carbocycles. The van der Waals surface area contributed by atoms with Crippen LogP contribution in [0.5, 0.6) is 0 Å². The summed E-state index contributed by atoms with van der Waals surface area (Å²) in [5, 5.41) is 19.9. The second kappa shape index (κ2) is 10.8. The number of aryl methyl sites for hydroxylation is 1. The summed E-state index contributed by atoms with van der Waals surface area (Å²) >= 11 is -1.30. The molecule has 0 saturated carbocycles. The van der Waals surface area contributed by atoms with E-state index in [4.69, 9.17) is 0 Å². The quantitative estimate of drug-likeness (QED) is 0.620. The predicted octanol–water partition coefficient (Wildman–Crippen LogP) is 4.59. The highest BCUT2D eigenvalue weighted by atomic mass is 32.2. The van der Waals surface area contributed by atoms with Gasteiger partial charge in [0, 0.05) is 6.61 Å². The Morgan fingerprint density at radius 2 is 1.71 bits per heavy atom. The fraction of sp³-hybridized carbons (Fsp3) is 0.280. The van der Waals surface area contributed by atoms with E-state index in [1.807, 2.05) is 43.3 Å². The van der Waals surface area contributed by atoms with E-state index < -0.39 is 17.2 Å². The van der Waals surface area contributed by atoms with Crippen LogP contribution in [-0.4, -0.2) is 28.1 Å². The summed E-state index contributed by atoms with van der Waals surface area (Å²) in [6, 6.07) is 19.7. The van der Waals surface area contributed by atoms with Crippen LogP contribution in [0.3, 0.4) is 0 Å². The molecule has 0 bridgehead atoms. The van der Waals surface area contributed by atoms with Gasteiger partial charge in [0.2, 0.25) is 0 Å². The lowest BCUT2D eigenvalue weighted by atomic mass is 9.89. The number of benzene rings is 3. The minimum absolute atomic E-state index is 0.0831. The third kappa shape index (κ3) is 5.66. The lowest BCUT2D eigenvalue weighted by Gasteiger charge is -2.17. The fourth-order valence-electron chi connectivity index (χ4n) is 3.85. The second-order valence-corrected chi connectivity index (χ2v) is 8.78. The molecule has 4 nitrogen and oxygen atoms in total. The molecule has 0 heterocycles. The van der Waals surface area contributed by atoms with Gasteiger partial charge >= 0.3 is 0 Å². The first-order valence-electron chi connectivity index (χ1n) is 10.1. The maximum atomic E-state index is 13.5. The van der Waals surface area contributed by atoms with E-state index in [2.05, 4.69) is 4.18 Å². The molecule has 0 saturated heterocycles. The van der Waals surface area contributed by atoms with Crippen LogP contribution in [0.2, 0.25) is 0 Å². The van der Waals surface area contributed by atoms with Gasteiger partial charge < -0.3 is 10.2 Å². The van der Waals surface area contributed by atoms with Crippen molar-refractivity contribution in [2.24, 2.45) is 0 Å². The maximum Gasteiger partial charge on any atom is 0.188 e. The lowest BCUT2D eigenvalue weighted by Crippen LogP contribution is -2.06. The number of hydrogen-bond acceptors (Lipinski definition) is 4. The number of aliphatic hydroxyl groups excluding tert-OH is 2. The molecule has 6 heteroatoms. The molecule has 164 valence electrons. The Hall–Kier alpha value is -2.38. The number of aliphatic hydroxyl groups is 2. The van der Waals surface area contributed by atoms with Gasteiger partial charge in [0.1, 0.15) is 11.9 Å². The molecule has 31 heavy (non-hydrogen) atoms. The minimum Gasteiger partial charge on any atom is -0.396 e. The largest absolute Gasteiger partial charge is 0.396 e. The van der Waals surface area contributed by atoms with Crippen molar-refractivity contribution in [1.29, 1.82) is 0 Å². The summed E-state index contributed by atoms with van der Waals surface area (Å²) in [5.74, 6) is -0.182. The molecule has 0 fully saturated rings. The molecular formula is C25H27FO4S. The van der Waals surface area contributed by atoms with Crippen LogP contribution in [-0.2, 0) is 21.7 Å². The molecular weight excluding hydrogens is 415 g/mol. The average Bonchev–Trinajstić information content (AvgIpc) is 2.89. The Labute approximate surface area is 185 Å². The van der Waals surface area contributed by atoms with E-state index in [1.54, 1.807) is 18.2 Å². The first-order chi connectivity index (χ1) is 14.9. The Balaban J connectivity index is 0.000000210. The van der Waals surface area contributed by atoms with Crippen molar-refractivity contribution in [2.75, 3.05) is 13.7 Å². The standard InChI is InChI=1S/C17H17FO2.C8H10O2S/c18-13-5-6-15-12(10-13)9-11(7-8-19)14-3-1-2-4-16(14)17(15)20;1-7-3-5-8(6-4-7)11(9)10-2/h1-6,10-11,17,19-20H,7-9H2;3-6H,1-2H3. The van der Waals surface area contributed by atoms with Crippen molar-refractivity contribution in [3.8, 4) is 0 Å². The highest BCUT2D eigenvalue weighted by molar-refractivity contribution is 7.80. The van der Waals surface area contributed by atoms with Gasteiger partial charge in [-0.05, 0) is 72.2 Å². The van der Waals surface area contributed by atoms with Crippen molar-refractivity contribution in [3.05, 3.63) is 100 Å². The van der Waals surface area contributed by atoms with Crippen LogP contribution in [0.15, 0.2) is 71.6 Å². The zero-order chi connectivity index (χ0) is 22.4. The summed E-state index contributed by atoms with van der Waals surface area (Å²) in [5.41, 5.74) is 4.65. The summed E-state index contributed by atoms with van der Waals surface area (Å²) in [6.45, 7) is 2.07. The Bertz CT molecular complexity index is 1040. The summed E-state index contributed by atoms with van der Waals surface area (Å²) in [4.78, 5) is 0.707. The highest BCUT2D eigenvalue weighted by Gasteiger charge is 2.27. The van der Waals surface area contributed by atoms with E-state index in [-0.39, 0.29) is 18.3 Å². The van der Waals surface area contributed by atoms with Gasteiger partial charge in [-0.2, -0.15) is 0 Å². The van der Waals surface area contributed by atoms with Crippen LogP contribution in [0.4, 0.5) is 4.39 Å². The van der Waals surface area contributed by atoms with Gasteiger partial charge in [0.05, 0.1) is 12.0 Å². The molecule has 1 aliphatic rings. The SMILES string of the molecule is COS(=O)c1ccc(C)cc1.OCCC1Cc2cc(F)ccc2C(O)c2ccccc21. The van der Waals surface area contributed by atoms with E-state index in [9.17, 15) is 18.8 Å². The molecule has 0 aromatic heterocycles. The summed E-state index contributed by atoms with van der Waals surface area (Å²) in [7, 11) is 1.43. The van der Waals surface area contributed by atoms with Crippen molar-refractivity contribution in [3.63, 3.8) is 0 Å². The molecule has 0 amide bonds. The normalized spacial score (nSPS) is 18.1. The molecule has 0 spiro atoms. The summed E-state index contributed by atoms with van der Waals surface area (Å²) < 4.78 is 29.1. The Kier molecular flexibility index (Phi) is 8.09. The topological polar surface area (TPSA) is 66.8 Å². The second-order valence-electron chi connectivity index (χ2n) is 7.50. The van der Waals surface area contributed by atoms with Gasteiger partial charge in [-0.3, -0.25) is 4.18 Å². The monoisotopic (exact) mass is 442 g/mol. The molecule has 3 unspecified atom stereocenters. The van der Waals surface area contributed by atoms with E-state index in [0.29, 0.717) is 17.7 Å². The molecule has 3 aromatic rings. The summed E-state index contributed by atoms with van der Waals surface area (Å²) in [6.07, 6.45) is 0.520. The maximum absolute atomic E-state index is 13.5. The van der Waals surface area contributed by atoms with Crippen molar-refractivity contribution >= 4 is 11.1 Å². The molecule has 3 atom stereocenters. The van der Waals surface area contributed by atoms with Gasteiger partial charge in [-0.25, -0.2) is 8.60 Å². The number of fused-ring (bicyclic) bond motifs is 2. The third-order valence-corrected chi connectivity index (χ3v) is 6.40. The van der Waals surface area contributed by atoms with Crippen molar-refractivity contribution in [2.45, 2.75) is 36.7 Å². The van der Waals surface area contributed by atoms with Gasteiger partial charge in [0.15, 0.2) is 11.1 Å². The fourth-order valence-corrected chi connectivity index (χ4v) is 4.40. The lowest BCUT2D eigenvalue weighted by molar-refractivity contribution is 0.219. The first-order valence-corrected chi connectivity index (χ1v) is 11.2. The molecule has 0 aliphatic heterocycles. The highest BCUT2D eigenvalue weighted by Crippen LogP contribution is 2.39. The number of rotatable bonds is 4. The van der Waals surface area contributed by atoms with Crippen LogP contribution in [0.1, 0.15) is 46.3 Å². The van der Waals surface area contributed by atoms with Gasteiger partial charge in [-0.15, -0.1) is 0 Å². The first kappa shape index (κ1) is 23.3. The Morgan fingerprint density at radius 3 is 2.35 bits per heavy atom. The third-order valence-electron chi connectivity index (χ3n) is 5.44. The van der Waals surface area contributed by atoms with E-state index >= 15 is 0 Å². The molecule has 0 radical (unpaired) electrons. The number of halogens is 1. The molecule has 4 rings (SSSR count). The van der Waals surface area contributed by atoms with Crippen LogP contribution in [0.25, 0.3) is 0 Å². The zero-order valence-corrected chi connectivity index (χ0v) is 18.4. The predicted molar refractivity (Wildman–Crippen MR) is 120 cm³/mol. The van der Waals surface area contributed by atoms with Crippen LogP contribution in [0, 0.1) is 12.7 Å². The van der Waals surface area contributed by atoms with Crippen molar-refractivity contribution < 1.29 is 23.0 Å². The van der Waals surface area contributed by atoms with E-state index in [0.717, 1.165) is 27.8 Å². The van der Waals surface area contributed by atoms with Crippen LogP contribution >= 0.6 is 0 Å². The smallest absolute Gasteiger partial charge is 0.188 e. The van der Waals surface area contributed by atoms with Crippen LogP contribution < -0.4 is 0 Å². The van der Waals surface area contributed by atoms with Crippen molar-refractivity contribution in [1.82, 2.24) is 0 Å². The number of hydrogen-bond donors (Lipinski definition) is 2. The molecule has 3 aromatic carbocycles. The Morgan fingerprint density at radius 1 is 1.03 bits per heavy atom. The average molecular weight is 443 g/mol. The van der Waals surface area contributed by atoms with Gasteiger partial charge in [-0.1, -0.05) is 48.0 Å². The minimum atomic E-state index is -1.30.